The van der Waals surface area contributed by atoms with E-state index < -0.39 is 0 Å². The second-order valence-corrected chi connectivity index (χ2v) is 4.76. The third-order valence-corrected chi connectivity index (χ3v) is 2.63. The van der Waals surface area contributed by atoms with Crippen molar-refractivity contribution >= 4 is 0 Å². The summed E-state index contributed by atoms with van der Waals surface area (Å²) in [6.07, 6.45) is 0. The molecule has 0 radical (unpaired) electrons. The summed E-state index contributed by atoms with van der Waals surface area (Å²) >= 11 is 0. The summed E-state index contributed by atoms with van der Waals surface area (Å²) < 4.78 is 18.4. The van der Waals surface area contributed by atoms with Gasteiger partial charge in [0, 0.05) is 19.6 Å². The monoisotopic (exact) mass is 239 g/mol. The van der Waals surface area contributed by atoms with Crippen LogP contribution in [-0.4, -0.2) is 26.8 Å². The first-order valence-corrected chi connectivity index (χ1v) is 6.08. The van der Waals surface area contributed by atoms with Crippen LogP contribution in [0.2, 0.25) is 0 Å². The lowest BCUT2D eigenvalue weighted by atomic mass is 9.99. The van der Waals surface area contributed by atoms with Gasteiger partial charge >= 0.3 is 0 Å². The average molecular weight is 239 g/mol. The summed E-state index contributed by atoms with van der Waals surface area (Å²) in [5, 5.41) is 3.39. The first-order valence-electron chi connectivity index (χ1n) is 6.08. The van der Waals surface area contributed by atoms with Gasteiger partial charge in [0.1, 0.15) is 5.82 Å². The first kappa shape index (κ1) is 14.1. The summed E-state index contributed by atoms with van der Waals surface area (Å²) in [5.74, 6) is 0.632. The van der Waals surface area contributed by atoms with E-state index in [1.54, 1.807) is 19.2 Å². The lowest BCUT2D eigenvalue weighted by Crippen LogP contribution is -2.27. The molecular formula is C14H22FNO. The molecule has 0 amide bonds. The zero-order valence-corrected chi connectivity index (χ0v) is 10.9. The number of halogens is 1. The van der Waals surface area contributed by atoms with Gasteiger partial charge in [-0.1, -0.05) is 26.0 Å². The fraction of sp³-hybridized carbons (Fsp3) is 0.571. The van der Waals surface area contributed by atoms with E-state index in [0.717, 1.165) is 18.7 Å². The molecule has 1 aromatic rings. The predicted octanol–water partition coefficient (Wildman–Crippen LogP) is 2.80. The van der Waals surface area contributed by atoms with Crippen molar-refractivity contribution < 1.29 is 9.13 Å². The van der Waals surface area contributed by atoms with Crippen LogP contribution in [0.5, 0.6) is 0 Å². The molecule has 1 N–H and O–H groups in total. The van der Waals surface area contributed by atoms with Crippen molar-refractivity contribution in [1.82, 2.24) is 5.32 Å². The van der Waals surface area contributed by atoms with Gasteiger partial charge in [-0.2, -0.15) is 0 Å². The second kappa shape index (κ2) is 7.41. The Hall–Kier alpha value is -0.930. The Morgan fingerprint density at radius 2 is 2.06 bits per heavy atom. The van der Waals surface area contributed by atoms with E-state index in [2.05, 4.69) is 19.2 Å². The highest BCUT2D eigenvalue weighted by molar-refractivity contribution is 5.21. The summed E-state index contributed by atoms with van der Waals surface area (Å²) in [7, 11) is 1.68. The SMILES string of the molecule is COCC(CNCC(C)C)c1cccc(F)c1. The minimum Gasteiger partial charge on any atom is -0.384 e. The molecule has 2 nitrogen and oxygen atoms in total. The maximum absolute atomic E-state index is 13.2. The Balaban J connectivity index is 2.58. The van der Waals surface area contributed by atoms with Crippen LogP contribution >= 0.6 is 0 Å². The van der Waals surface area contributed by atoms with E-state index in [-0.39, 0.29) is 11.7 Å². The van der Waals surface area contributed by atoms with E-state index in [9.17, 15) is 4.39 Å². The topological polar surface area (TPSA) is 21.3 Å². The van der Waals surface area contributed by atoms with Crippen LogP contribution < -0.4 is 5.32 Å². The highest BCUT2D eigenvalue weighted by atomic mass is 19.1. The molecule has 96 valence electrons. The fourth-order valence-electron chi connectivity index (χ4n) is 1.78. The number of hydrogen-bond acceptors (Lipinski definition) is 2. The van der Waals surface area contributed by atoms with E-state index in [4.69, 9.17) is 4.74 Å². The molecular weight excluding hydrogens is 217 g/mol. The van der Waals surface area contributed by atoms with Crippen molar-refractivity contribution in [2.45, 2.75) is 19.8 Å². The second-order valence-electron chi connectivity index (χ2n) is 4.76. The van der Waals surface area contributed by atoms with Gasteiger partial charge in [0.25, 0.3) is 0 Å². The highest BCUT2D eigenvalue weighted by Gasteiger charge is 2.11. The van der Waals surface area contributed by atoms with E-state index in [0.29, 0.717) is 12.5 Å². The minimum atomic E-state index is -0.188. The molecule has 1 unspecified atom stereocenters. The quantitative estimate of drug-likeness (QED) is 0.790. The number of methoxy groups -OCH3 is 1. The molecule has 0 heterocycles. The molecule has 17 heavy (non-hydrogen) atoms. The summed E-state index contributed by atoms with van der Waals surface area (Å²) in [6, 6.07) is 6.75. The highest BCUT2D eigenvalue weighted by Crippen LogP contribution is 2.16. The molecule has 1 atom stereocenters. The largest absolute Gasteiger partial charge is 0.384 e. The Bertz CT molecular complexity index is 328. The molecule has 0 spiro atoms. The van der Waals surface area contributed by atoms with E-state index in [1.165, 1.54) is 6.07 Å². The Labute approximate surface area is 103 Å². The van der Waals surface area contributed by atoms with Gasteiger partial charge < -0.3 is 10.1 Å². The van der Waals surface area contributed by atoms with Crippen LogP contribution in [0, 0.1) is 11.7 Å². The Morgan fingerprint density at radius 1 is 1.29 bits per heavy atom. The summed E-state index contributed by atoms with van der Waals surface area (Å²) in [5.41, 5.74) is 0.989. The lowest BCUT2D eigenvalue weighted by molar-refractivity contribution is 0.177. The van der Waals surface area contributed by atoms with Crippen molar-refractivity contribution in [2.75, 3.05) is 26.8 Å². The van der Waals surface area contributed by atoms with Gasteiger partial charge in [-0.15, -0.1) is 0 Å². The van der Waals surface area contributed by atoms with Gasteiger partial charge in [0.05, 0.1) is 6.61 Å². The average Bonchev–Trinajstić information content (AvgIpc) is 2.27. The minimum absolute atomic E-state index is 0.188. The van der Waals surface area contributed by atoms with Crippen LogP contribution in [0.4, 0.5) is 4.39 Å². The Kier molecular flexibility index (Phi) is 6.16. The maximum atomic E-state index is 13.2. The first-order chi connectivity index (χ1) is 8.13. The molecule has 0 aliphatic rings. The zero-order valence-electron chi connectivity index (χ0n) is 10.9. The number of nitrogens with one attached hydrogen (secondary N) is 1. The zero-order chi connectivity index (χ0) is 12.7. The third kappa shape index (κ3) is 5.29. The van der Waals surface area contributed by atoms with Crippen molar-refractivity contribution in [3.63, 3.8) is 0 Å². The number of benzene rings is 1. The standard InChI is InChI=1S/C14H22FNO/c1-11(2)8-16-9-13(10-17-3)12-5-4-6-14(15)7-12/h4-7,11,13,16H,8-10H2,1-3H3. The molecule has 0 saturated carbocycles. The maximum Gasteiger partial charge on any atom is 0.123 e. The number of ether oxygens (including phenoxy) is 1. The van der Waals surface area contributed by atoms with Gasteiger partial charge in [0.15, 0.2) is 0 Å². The van der Waals surface area contributed by atoms with Crippen LogP contribution in [0.15, 0.2) is 24.3 Å². The molecule has 3 heteroatoms. The van der Waals surface area contributed by atoms with Gasteiger partial charge in [-0.05, 0) is 30.2 Å². The summed E-state index contributed by atoms with van der Waals surface area (Å²) in [4.78, 5) is 0. The smallest absolute Gasteiger partial charge is 0.123 e. The van der Waals surface area contributed by atoms with Gasteiger partial charge in [0.2, 0.25) is 0 Å². The van der Waals surface area contributed by atoms with Crippen LogP contribution in [-0.2, 0) is 4.74 Å². The molecule has 0 aliphatic carbocycles. The fourth-order valence-corrected chi connectivity index (χ4v) is 1.78. The Morgan fingerprint density at radius 3 is 2.65 bits per heavy atom. The third-order valence-electron chi connectivity index (χ3n) is 2.63. The lowest BCUT2D eigenvalue weighted by Gasteiger charge is -2.18. The molecule has 0 bridgehead atoms. The normalized spacial score (nSPS) is 13.0. The van der Waals surface area contributed by atoms with Crippen molar-refractivity contribution in [3.8, 4) is 0 Å². The molecule has 0 fully saturated rings. The van der Waals surface area contributed by atoms with Gasteiger partial charge in [-0.25, -0.2) is 4.39 Å². The molecule has 0 saturated heterocycles. The van der Waals surface area contributed by atoms with Crippen LogP contribution in [0.3, 0.4) is 0 Å². The van der Waals surface area contributed by atoms with Crippen LogP contribution in [0.25, 0.3) is 0 Å². The van der Waals surface area contributed by atoms with E-state index >= 15 is 0 Å². The van der Waals surface area contributed by atoms with Gasteiger partial charge in [-0.3, -0.25) is 0 Å². The van der Waals surface area contributed by atoms with Crippen LogP contribution in [0.1, 0.15) is 25.3 Å². The number of rotatable bonds is 7. The molecule has 1 rings (SSSR count). The summed E-state index contributed by atoms with van der Waals surface area (Å²) in [6.45, 7) is 6.72. The number of hydrogen-bond donors (Lipinski definition) is 1. The molecule has 0 aliphatic heterocycles. The van der Waals surface area contributed by atoms with Crippen molar-refractivity contribution in [1.29, 1.82) is 0 Å². The molecule has 0 aromatic heterocycles. The van der Waals surface area contributed by atoms with E-state index in [1.807, 2.05) is 6.07 Å². The molecule has 1 aromatic carbocycles. The predicted molar refractivity (Wildman–Crippen MR) is 68.7 cm³/mol. The van der Waals surface area contributed by atoms with Crippen molar-refractivity contribution in [2.24, 2.45) is 5.92 Å². The van der Waals surface area contributed by atoms with Crippen molar-refractivity contribution in [3.05, 3.63) is 35.6 Å².